The lowest BCUT2D eigenvalue weighted by Gasteiger charge is -2.16. The van der Waals surface area contributed by atoms with E-state index in [1.54, 1.807) is 31.4 Å². The summed E-state index contributed by atoms with van der Waals surface area (Å²) in [6.45, 7) is 4.31. The lowest BCUT2D eigenvalue weighted by atomic mass is 10.0. The molecule has 168 valence electrons. The number of anilines is 1. The molecule has 1 aliphatic rings. The molecule has 2 amide bonds. The molecule has 0 saturated carbocycles. The quantitative estimate of drug-likeness (QED) is 0.517. The van der Waals surface area contributed by atoms with Crippen molar-refractivity contribution >= 4 is 23.1 Å². The van der Waals surface area contributed by atoms with Crippen LogP contribution in [0.2, 0.25) is 0 Å². The zero-order chi connectivity index (χ0) is 23.4. The maximum Gasteiger partial charge on any atom is 0.278 e. The van der Waals surface area contributed by atoms with Crippen LogP contribution in [0.3, 0.4) is 0 Å². The molecule has 6 heteroatoms. The number of imide groups is 1. The number of aryl methyl sites for hydroxylation is 2. The second-order valence-corrected chi connectivity index (χ2v) is 7.90. The van der Waals surface area contributed by atoms with Crippen molar-refractivity contribution in [3.05, 3.63) is 95.2 Å². The molecule has 3 aromatic rings. The highest BCUT2D eigenvalue weighted by Gasteiger charge is 2.39. The summed E-state index contributed by atoms with van der Waals surface area (Å²) in [6, 6.07) is 22.4. The second kappa shape index (κ2) is 9.61. The van der Waals surface area contributed by atoms with Crippen molar-refractivity contribution in [2.45, 2.75) is 13.8 Å². The molecule has 0 aliphatic carbocycles. The molecule has 3 aromatic carbocycles. The largest absolute Gasteiger partial charge is 0.497 e. The van der Waals surface area contributed by atoms with Crippen LogP contribution in [0, 0.1) is 13.8 Å². The Morgan fingerprint density at radius 2 is 1.45 bits per heavy atom. The van der Waals surface area contributed by atoms with E-state index in [9.17, 15) is 9.59 Å². The van der Waals surface area contributed by atoms with Gasteiger partial charge in [-0.05, 0) is 66.9 Å². The number of methoxy groups -OCH3 is 1. The smallest absolute Gasteiger partial charge is 0.278 e. The highest BCUT2D eigenvalue weighted by Crippen LogP contribution is 2.31. The molecular formula is C27H26N2O4. The van der Waals surface area contributed by atoms with Gasteiger partial charge in [-0.2, -0.15) is 0 Å². The highest BCUT2D eigenvalue weighted by atomic mass is 16.5. The van der Waals surface area contributed by atoms with E-state index in [4.69, 9.17) is 9.47 Å². The van der Waals surface area contributed by atoms with Crippen LogP contribution >= 0.6 is 0 Å². The van der Waals surface area contributed by atoms with E-state index < -0.39 is 0 Å². The Morgan fingerprint density at radius 3 is 2.09 bits per heavy atom. The number of nitrogens with one attached hydrogen (secondary N) is 1. The first-order chi connectivity index (χ1) is 16.0. The van der Waals surface area contributed by atoms with Gasteiger partial charge < -0.3 is 14.8 Å². The van der Waals surface area contributed by atoms with Crippen molar-refractivity contribution in [2.75, 3.05) is 25.6 Å². The molecule has 0 atom stereocenters. The Bertz CT molecular complexity index is 1180. The molecule has 0 unspecified atom stereocenters. The monoisotopic (exact) mass is 442 g/mol. The topological polar surface area (TPSA) is 67.9 Å². The number of carbonyl (C=O) groups is 2. The summed E-state index contributed by atoms with van der Waals surface area (Å²) in [7, 11) is 1.60. The number of amides is 2. The Kier molecular flexibility index (Phi) is 6.45. The van der Waals surface area contributed by atoms with E-state index in [1.807, 2.05) is 56.3 Å². The minimum Gasteiger partial charge on any atom is -0.497 e. The van der Waals surface area contributed by atoms with Gasteiger partial charge in [0.1, 0.15) is 23.8 Å². The molecule has 4 rings (SSSR count). The zero-order valence-corrected chi connectivity index (χ0v) is 18.9. The van der Waals surface area contributed by atoms with E-state index >= 15 is 0 Å². The van der Waals surface area contributed by atoms with Gasteiger partial charge in [0.15, 0.2) is 0 Å². The van der Waals surface area contributed by atoms with Crippen LogP contribution in [0.25, 0.3) is 5.57 Å². The number of hydrogen-bond donors (Lipinski definition) is 1. The minimum atomic E-state index is -0.364. The lowest BCUT2D eigenvalue weighted by molar-refractivity contribution is -0.137. The van der Waals surface area contributed by atoms with Crippen molar-refractivity contribution in [1.29, 1.82) is 0 Å². The third-order valence-electron chi connectivity index (χ3n) is 5.36. The van der Waals surface area contributed by atoms with E-state index in [0.29, 0.717) is 16.9 Å². The number of ether oxygens (including phenoxy) is 2. The standard InChI is InChI=1S/C27H26N2O4/c1-18-15-19(2)17-21(16-18)28-25-24(20-7-5-4-6-8-20)26(30)29(27(25)31)13-14-33-23-11-9-22(32-3)10-12-23/h4-12,15-17,28H,13-14H2,1-3H3. The fraction of sp³-hybridized carbons (Fsp3) is 0.185. The van der Waals surface area contributed by atoms with Crippen LogP contribution in [-0.4, -0.2) is 37.0 Å². The first-order valence-corrected chi connectivity index (χ1v) is 10.7. The van der Waals surface area contributed by atoms with E-state index in [2.05, 4.69) is 11.4 Å². The lowest BCUT2D eigenvalue weighted by Crippen LogP contribution is -2.36. The summed E-state index contributed by atoms with van der Waals surface area (Å²) in [5.74, 6) is 0.665. The van der Waals surface area contributed by atoms with E-state index in [1.165, 1.54) is 4.90 Å². The summed E-state index contributed by atoms with van der Waals surface area (Å²) in [5.41, 5.74) is 4.25. The van der Waals surface area contributed by atoms with Crippen LogP contribution in [-0.2, 0) is 9.59 Å². The van der Waals surface area contributed by atoms with Crippen molar-refractivity contribution in [2.24, 2.45) is 0 Å². The van der Waals surface area contributed by atoms with Crippen LogP contribution in [0.1, 0.15) is 16.7 Å². The Labute approximate surface area is 193 Å². The SMILES string of the molecule is COc1ccc(OCCN2C(=O)C(Nc3cc(C)cc(C)c3)=C(c3ccccc3)C2=O)cc1. The first-order valence-electron chi connectivity index (χ1n) is 10.7. The normalized spacial score (nSPS) is 13.5. The molecular weight excluding hydrogens is 416 g/mol. The molecule has 0 aromatic heterocycles. The van der Waals surface area contributed by atoms with Gasteiger partial charge in [0.2, 0.25) is 0 Å². The van der Waals surface area contributed by atoms with Crippen molar-refractivity contribution < 1.29 is 19.1 Å². The summed E-state index contributed by atoms with van der Waals surface area (Å²) in [5, 5.41) is 3.21. The van der Waals surface area contributed by atoms with Gasteiger partial charge in [-0.25, -0.2) is 0 Å². The molecule has 1 heterocycles. The molecule has 0 spiro atoms. The van der Waals surface area contributed by atoms with Gasteiger partial charge in [0.05, 0.1) is 19.2 Å². The van der Waals surface area contributed by atoms with Gasteiger partial charge in [-0.3, -0.25) is 14.5 Å². The minimum absolute atomic E-state index is 0.137. The van der Waals surface area contributed by atoms with Gasteiger partial charge in [-0.15, -0.1) is 0 Å². The van der Waals surface area contributed by atoms with Crippen molar-refractivity contribution in [1.82, 2.24) is 4.90 Å². The number of rotatable bonds is 8. The van der Waals surface area contributed by atoms with Gasteiger partial charge in [-0.1, -0.05) is 36.4 Å². The van der Waals surface area contributed by atoms with Crippen molar-refractivity contribution in [3.8, 4) is 11.5 Å². The number of nitrogens with zero attached hydrogens (tertiary/aromatic N) is 1. The van der Waals surface area contributed by atoms with Crippen molar-refractivity contribution in [3.63, 3.8) is 0 Å². The Morgan fingerprint density at radius 1 is 0.818 bits per heavy atom. The third kappa shape index (κ3) is 4.90. The predicted molar refractivity (Wildman–Crippen MR) is 128 cm³/mol. The molecule has 1 N–H and O–H groups in total. The molecule has 0 saturated heterocycles. The summed E-state index contributed by atoms with van der Waals surface area (Å²) in [4.78, 5) is 27.9. The number of hydrogen-bond acceptors (Lipinski definition) is 5. The molecule has 0 fully saturated rings. The Hall–Kier alpha value is -4.06. The third-order valence-corrected chi connectivity index (χ3v) is 5.36. The summed E-state index contributed by atoms with van der Waals surface area (Å²) in [6.07, 6.45) is 0. The average Bonchev–Trinajstić information content (AvgIpc) is 3.03. The van der Waals surface area contributed by atoms with E-state index in [-0.39, 0.29) is 30.7 Å². The predicted octanol–water partition coefficient (Wildman–Crippen LogP) is 4.58. The molecule has 0 bridgehead atoms. The fourth-order valence-corrected chi connectivity index (χ4v) is 3.89. The molecule has 33 heavy (non-hydrogen) atoms. The number of benzene rings is 3. The highest BCUT2D eigenvalue weighted by molar-refractivity contribution is 6.36. The zero-order valence-electron chi connectivity index (χ0n) is 18.9. The summed E-state index contributed by atoms with van der Waals surface area (Å²) < 4.78 is 10.9. The fourth-order valence-electron chi connectivity index (χ4n) is 3.89. The maximum atomic E-state index is 13.3. The summed E-state index contributed by atoms with van der Waals surface area (Å²) >= 11 is 0. The molecule has 1 aliphatic heterocycles. The number of carbonyl (C=O) groups excluding carboxylic acids is 2. The molecule has 6 nitrogen and oxygen atoms in total. The van der Waals surface area contributed by atoms with E-state index in [0.717, 1.165) is 22.6 Å². The Balaban J connectivity index is 1.56. The second-order valence-electron chi connectivity index (χ2n) is 7.90. The van der Waals surface area contributed by atoms with Gasteiger partial charge in [0.25, 0.3) is 11.8 Å². The van der Waals surface area contributed by atoms with Gasteiger partial charge in [0, 0.05) is 5.69 Å². The molecule has 0 radical (unpaired) electrons. The first kappa shape index (κ1) is 22.1. The average molecular weight is 443 g/mol. The van der Waals surface area contributed by atoms with Gasteiger partial charge >= 0.3 is 0 Å². The van der Waals surface area contributed by atoms with Crippen LogP contribution in [0.5, 0.6) is 11.5 Å². The maximum absolute atomic E-state index is 13.3. The van der Waals surface area contributed by atoms with Crippen LogP contribution < -0.4 is 14.8 Å². The van der Waals surface area contributed by atoms with Crippen LogP contribution in [0.4, 0.5) is 5.69 Å². The van der Waals surface area contributed by atoms with Crippen LogP contribution in [0.15, 0.2) is 78.5 Å².